The number of carbonyl (C=O) groups is 4. The van der Waals surface area contributed by atoms with E-state index in [2.05, 4.69) is 20.6 Å². The highest BCUT2D eigenvalue weighted by Gasteiger charge is 2.56. The Morgan fingerprint density at radius 3 is 1.97 bits per heavy atom. The lowest BCUT2D eigenvalue weighted by Gasteiger charge is -2.46. The minimum atomic E-state index is -3.38. The van der Waals surface area contributed by atoms with E-state index in [-0.39, 0.29) is 35.4 Å². The number of aromatic nitrogens is 2. The number of rotatable bonds is 14. The normalized spacial score (nSPS) is 19.9. The number of aromatic amines is 1. The number of H-pyrrole nitrogens is 1. The number of hydrogen-bond acceptors (Lipinski definition) is 11. The van der Waals surface area contributed by atoms with Gasteiger partial charge in [0.25, 0.3) is 0 Å². The fourth-order valence-electron chi connectivity index (χ4n) is 8.45. The first-order valence-electron chi connectivity index (χ1n) is 20.5. The molecule has 6 rings (SSSR count). The molecule has 61 heavy (non-hydrogen) atoms. The Bertz CT molecular complexity index is 2230. The summed E-state index contributed by atoms with van der Waals surface area (Å²) in [6, 6.07) is 13.5. The molecule has 1 spiro atoms. The van der Waals surface area contributed by atoms with Crippen molar-refractivity contribution in [3.05, 3.63) is 66.1 Å². The lowest BCUT2D eigenvalue weighted by Crippen LogP contribution is -2.60. The maximum Gasteiger partial charge on any atom is 0.407 e. The molecule has 4 N–H and O–H groups in total. The average Bonchev–Trinajstić information content (AvgIpc) is 4.00. The summed E-state index contributed by atoms with van der Waals surface area (Å²) in [5.41, 5.74) is 4.07. The van der Waals surface area contributed by atoms with E-state index in [9.17, 15) is 27.6 Å². The summed E-state index contributed by atoms with van der Waals surface area (Å²) < 4.78 is 35.5. The fourth-order valence-corrected chi connectivity index (χ4v) is 9.46. The van der Waals surface area contributed by atoms with Crippen molar-refractivity contribution in [2.24, 2.45) is 22.2 Å². The van der Waals surface area contributed by atoms with Crippen molar-refractivity contribution in [1.29, 1.82) is 5.41 Å². The third-order valence-electron chi connectivity index (χ3n) is 11.9. The second-order valence-electron chi connectivity index (χ2n) is 17.0. The van der Waals surface area contributed by atoms with Gasteiger partial charge in [-0.3, -0.25) is 20.0 Å². The van der Waals surface area contributed by atoms with Crippen molar-refractivity contribution in [3.8, 4) is 22.4 Å². The van der Waals surface area contributed by atoms with E-state index in [1.54, 1.807) is 16.0 Å². The second kappa shape index (κ2) is 18.6. The molecule has 3 aliphatic rings. The summed E-state index contributed by atoms with van der Waals surface area (Å²) in [7, 11) is -0.866. The minimum absolute atomic E-state index is 0.117. The van der Waals surface area contributed by atoms with Gasteiger partial charge in [0, 0.05) is 43.4 Å². The zero-order valence-corrected chi connectivity index (χ0v) is 36.6. The molecule has 1 aromatic heterocycles. The number of aliphatic imine (C=N–C) groups is 1. The number of sulfonamides is 1. The Morgan fingerprint density at radius 1 is 0.885 bits per heavy atom. The maximum atomic E-state index is 14.1. The Hall–Kier alpha value is -5.62. The van der Waals surface area contributed by atoms with Crippen LogP contribution in [-0.4, -0.2) is 140 Å². The van der Waals surface area contributed by atoms with Gasteiger partial charge in [0.15, 0.2) is 0 Å². The van der Waals surface area contributed by atoms with Gasteiger partial charge in [0.1, 0.15) is 17.9 Å². The molecule has 0 saturated carbocycles. The number of methoxy groups -OCH3 is 2. The van der Waals surface area contributed by atoms with Gasteiger partial charge in [-0.05, 0) is 47.8 Å². The SMILES string of the molecule is COC(=O)NC(C(=O)N1CCCC1CN=CC(=N)c1ccc(-c2ccc(-c3cnc(C4CC5(CN4C(=O)C(NC(=O)OC)C(C)C)CN(S(C)(=O)=O)C5)[nH]3)cc2)cc1)C(C)C. The second-order valence-corrected chi connectivity index (χ2v) is 19.0. The summed E-state index contributed by atoms with van der Waals surface area (Å²) in [4.78, 5) is 67.6. The molecule has 3 aliphatic heterocycles. The molecule has 4 heterocycles. The van der Waals surface area contributed by atoms with Crippen LogP contribution in [0.2, 0.25) is 0 Å². The molecule has 4 unspecified atom stereocenters. The van der Waals surface area contributed by atoms with Crippen molar-refractivity contribution in [2.45, 2.75) is 71.1 Å². The zero-order chi connectivity index (χ0) is 44.2. The highest BCUT2D eigenvalue weighted by molar-refractivity contribution is 7.88. The number of benzene rings is 2. The van der Waals surface area contributed by atoms with Crippen LogP contribution in [0, 0.1) is 22.7 Å². The predicted octanol–water partition coefficient (Wildman–Crippen LogP) is 4.47. The average molecular weight is 860 g/mol. The lowest BCUT2D eigenvalue weighted by atomic mass is 9.79. The molecule has 3 aromatic rings. The van der Waals surface area contributed by atoms with E-state index in [4.69, 9.17) is 19.9 Å². The summed E-state index contributed by atoms with van der Waals surface area (Å²) in [5, 5.41) is 14.0. The first-order chi connectivity index (χ1) is 28.9. The molecular weight excluding hydrogens is 803 g/mol. The fraction of sp³-hybridized carbons (Fsp3) is 0.512. The summed E-state index contributed by atoms with van der Waals surface area (Å²) in [6.45, 7) is 9.30. The number of nitrogens with zero attached hydrogens (tertiary/aromatic N) is 5. The maximum absolute atomic E-state index is 14.1. The Labute approximate surface area is 357 Å². The zero-order valence-electron chi connectivity index (χ0n) is 35.8. The van der Waals surface area contributed by atoms with Crippen LogP contribution in [0.4, 0.5) is 9.59 Å². The van der Waals surface area contributed by atoms with E-state index in [0.717, 1.165) is 35.2 Å². The molecule has 0 aliphatic carbocycles. The van der Waals surface area contributed by atoms with Gasteiger partial charge in [0.2, 0.25) is 21.8 Å². The van der Waals surface area contributed by atoms with Gasteiger partial charge in [-0.1, -0.05) is 76.2 Å². The highest BCUT2D eigenvalue weighted by atomic mass is 32.2. The van der Waals surface area contributed by atoms with Gasteiger partial charge in [-0.15, -0.1) is 0 Å². The topological polar surface area (TPSA) is 220 Å². The molecule has 4 amide bonds. The van der Waals surface area contributed by atoms with Crippen molar-refractivity contribution < 1.29 is 37.1 Å². The summed E-state index contributed by atoms with van der Waals surface area (Å²) >= 11 is 0. The monoisotopic (exact) mass is 859 g/mol. The van der Waals surface area contributed by atoms with Crippen LogP contribution in [0.5, 0.6) is 0 Å². The molecule has 18 heteroatoms. The summed E-state index contributed by atoms with van der Waals surface area (Å²) in [6.07, 6.45) is 5.22. The number of ether oxygens (including phenoxy) is 2. The lowest BCUT2D eigenvalue weighted by molar-refractivity contribution is -0.136. The first kappa shape index (κ1) is 44.9. The number of likely N-dealkylation sites (tertiary alicyclic amines) is 2. The standard InChI is InChI=1S/C43H57N9O8S/c1-26(2)36(48-41(55)59-5)39(53)51-18-8-9-32(51)20-45-21-33(44)30-14-10-28(11-15-30)29-12-16-31(17-13-29)34-22-46-38(47-34)35-19-43(23-50(24-43)61(7,57)58)25-52(35)40(54)37(27(3)4)49-42(56)60-6/h10-17,21-22,26-27,32,35-37,44H,8-9,18-20,23-25H2,1-7H3,(H,46,47)(H,48,55)(H,49,56). The van der Waals surface area contributed by atoms with Gasteiger partial charge in [0.05, 0.1) is 56.7 Å². The van der Waals surface area contributed by atoms with Crippen LogP contribution in [0.25, 0.3) is 22.4 Å². The van der Waals surface area contributed by atoms with Gasteiger partial charge in [-0.25, -0.2) is 27.3 Å². The van der Waals surface area contributed by atoms with Crippen LogP contribution < -0.4 is 10.6 Å². The Morgan fingerprint density at radius 2 is 1.43 bits per heavy atom. The van der Waals surface area contributed by atoms with Crippen molar-refractivity contribution in [2.75, 3.05) is 53.2 Å². The minimum Gasteiger partial charge on any atom is -0.453 e. The smallest absolute Gasteiger partial charge is 0.407 e. The molecular formula is C43H57N9O8S. The molecule has 0 radical (unpaired) electrons. The van der Waals surface area contributed by atoms with Crippen LogP contribution in [0.15, 0.2) is 59.7 Å². The number of imidazole rings is 1. The number of amides is 4. The molecule has 328 valence electrons. The largest absolute Gasteiger partial charge is 0.453 e. The first-order valence-corrected chi connectivity index (χ1v) is 22.4. The molecule has 3 fully saturated rings. The van der Waals surface area contributed by atoms with Crippen molar-refractivity contribution >= 4 is 46.0 Å². The molecule has 2 aromatic carbocycles. The summed E-state index contributed by atoms with van der Waals surface area (Å²) in [5.74, 6) is -0.218. The Balaban J connectivity index is 1.10. The molecule has 3 saturated heterocycles. The van der Waals surface area contributed by atoms with Gasteiger partial charge >= 0.3 is 12.2 Å². The molecule has 4 atom stereocenters. The number of hydrogen-bond donors (Lipinski definition) is 4. The third-order valence-corrected chi connectivity index (χ3v) is 13.1. The molecule has 17 nitrogen and oxygen atoms in total. The van der Waals surface area contributed by atoms with Crippen molar-refractivity contribution in [3.63, 3.8) is 0 Å². The van der Waals surface area contributed by atoms with E-state index in [0.29, 0.717) is 50.5 Å². The van der Waals surface area contributed by atoms with E-state index in [1.807, 2.05) is 76.2 Å². The third kappa shape index (κ3) is 10.1. The van der Waals surface area contributed by atoms with Gasteiger partial charge < -0.3 is 34.9 Å². The van der Waals surface area contributed by atoms with Crippen LogP contribution in [0.1, 0.15) is 64.4 Å². The predicted molar refractivity (Wildman–Crippen MR) is 231 cm³/mol. The van der Waals surface area contributed by atoms with Crippen LogP contribution in [0.3, 0.4) is 0 Å². The van der Waals surface area contributed by atoms with Crippen LogP contribution >= 0.6 is 0 Å². The number of nitrogens with one attached hydrogen (secondary N) is 4. The number of carbonyl (C=O) groups excluding carboxylic acids is 4. The Kier molecular flexibility index (Phi) is 13.7. The van der Waals surface area contributed by atoms with E-state index >= 15 is 0 Å². The van der Waals surface area contributed by atoms with Crippen molar-refractivity contribution in [1.82, 2.24) is 34.7 Å². The highest BCUT2D eigenvalue weighted by Crippen LogP contribution is 2.49. The van der Waals surface area contributed by atoms with E-state index in [1.165, 1.54) is 31.0 Å². The van der Waals surface area contributed by atoms with Crippen LogP contribution in [-0.2, 0) is 29.1 Å². The quantitative estimate of drug-likeness (QED) is 0.168. The number of alkyl carbamates (subject to hydrolysis) is 2. The van der Waals surface area contributed by atoms with Gasteiger partial charge in [-0.2, -0.15) is 0 Å². The molecule has 0 bridgehead atoms. The van der Waals surface area contributed by atoms with E-state index < -0.39 is 45.8 Å².